The molecule has 0 unspecified atom stereocenters. The van der Waals surface area contributed by atoms with Gasteiger partial charge in [0, 0.05) is 15.4 Å². The first-order valence-electron chi connectivity index (χ1n) is 4.30. The number of halogens is 4. The predicted octanol–water partition coefficient (Wildman–Crippen LogP) is 4.30. The third-order valence-electron chi connectivity index (χ3n) is 1.81. The summed E-state index contributed by atoms with van der Waals surface area (Å²) in [5.74, 6) is 0.537. The van der Waals surface area contributed by atoms with Gasteiger partial charge in [0.2, 0.25) is 0 Å². The van der Waals surface area contributed by atoms with E-state index in [1.54, 1.807) is 0 Å². The number of rotatable bonds is 4. The first-order chi connectivity index (χ1) is 7.04. The molecular formula is C10H10Br2F2O. The third kappa shape index (κ3) is 3.72. The summed E-state index contributed by atoms with van der Waals surface area (Å²) in [5, 5.41) is 0.575. The zero-order valence-electron chi connectivity index (χ0n) is 8.07. The van der Waals surface area contributed by atoms with Crippen LogP contribution in [0.2, 0.25) is 0 Å². The lowest BCUT2D eigenvalue weighted by atomic mass is 10.1. The molecule has 5 heteroatoms. The van der Waals surface area contributed by atoms with Crippen molar-refractivity contribution >= 4 is 31.9 Å². The van der Waals surface area contributed by atoms with Crippen LogP contribution in [0.25, 0.3) is 0 Å². The van der Waals surface area contributed by atoms with E-state index in [4.69, 9.17) is 4.74 Å². The van der Waals surface area contributed by atoms with Crippen molar-refractivity contribution in [3.8, 4) is 5.75 Å². The van der Waals surface area contributed by atoms with Crippen molar-refractivity contribution < 1.29 is 13.5 Å². The van der Waals surface area contributed by atoms with Gasteiger partial charge in [0.25, 0.3) is 6.43 Å². The Labute approximate surface area is 104 Å². The molecule has 0 aliphatic heterocycles. The van der Waals surface area contributed by atoms with Crippen LogP contribution in [-0.2, 0) is 5.33 Å². The first-order valence-corrected chi connectivity index (χ1v) is 6.22. The maximum Gasteiger partial charge on any atom is 0.272 e. The van der Waals surface area contributed by atoms with Gasteiger partial charge in [-0.05, 0) is 24.6 Å². The fourth-order valence-electron chi connectivity index (χ4n) is 1.25. The second-order valence-electron chi connectivity index (χ2n) is 3.05. The molecule has 0 bridgehead atoms. The third-order valence-corrected chi connectivity index (χ3v) is 2.88. The van der Waals surface area contributed by atoms with Gasteiger partial charge in [0.05, 0.1) is 0 Å². The standard InChI is InChI=1S/C10H10Br2F2O/c1-6-2-8(12)3-7(4-11)10(6)15-5-9(13)14/h2-3,9H,4-5H2,1H3. The molecule has 0 aliphatic rings. The lowest BCUT2D eigenvalue weighted by Crippen LogP contribution is -2.09. The highest BCUT2D eigenvalue weighted by Gasteiger charge is 2.10. The van der Waals surface area contributed by atoms with Gasteiger partial charge in [-0.15, -0.1) is 0 Å². The van der Waals surface area contributed by atoms with Crippen molar-refractivity contribution in [2.45, 2.75) is 18.7 Å². The summed E-state index contributed by atoms with van der Waals surface area (Å²) >= 11 is 6.64. The summed E-state index contributed by atoms with van der Waals surface area (Å²) in [5.41, 5.74) is 1.71. The zero-order chi connectivity index (χ0) is 11.4. The van der Waals surface area contributed by atoms with Gasteiger partial charge < -0.3 is 4.74 Å². The van der Waals surface area contributed by atoms with Crippen LogP contribution in [0.3, 0.4) is 0 Å². The molecule has 84 valence electrons. The molecule has 1 nitrogen and oxygen atoms in total. The second kappa shape index (κ2) is 5.80. The Bertz CT molecular complexity index is 342. The van der Waals surface area contributed by atoms with Crippen molar-refractivity contribution in [2.75, 3.05) is 6.61 Å². The summed E-state index contributed by atoms with van der Waals surface area (Å²) in [6.45, 7) is 1.26. The van der Waals surface area contributed by atoms with Crippen LogP contribution in [0, 0.1) is 6.92 Å². The molecule has 1 rings (SSSR count). The predicted molar refractivity (Wildman–Crippen MR) is 63.0 cm³/mol. The SMILES string of the molecule is Cc1cc(Br)cc(CBr)c1OCC(F)F. The molecule has 0 atom stereocenters. The molecular weight excluding hydrogens is 334 g/mol. The van der Waals surface area contributed by atoms with Gasteiger partial charge in [-0.3, -0.25) is 0 Å². The summed E-state index contributed by atoms with van der Waals surface area (Å²) < 4.78 is 30.0. The molecule has 0 saturated heterocycles. The van der Waals surface area contributed by atoms with E-state index in [1.165, 1.54) is 0 Å². The van der Waals surface area contributed by atoms with Gasteiger partial charge in [0.1, 0.15) is 12.4 Å². The number of hydrogen-bond acceptors (Lipinski definition) is 1. The Morgan fingerprint density at radius 3 is 2.60 bits per heavy atom. The first kappa shape index (κ1) is 12.9. The van der Waals surface area contributed by atoms with E-state index in [0.717, 1.165) is 15.6 Å². The average Bonchev–Trinajstić information content (AvgIpc) is 2.14. The highest BCUT2D eigenvalue weighted by molar-refractivity contribution is 9.10. The Balaban J connectivity index is 2.93. The Morgan fingerprint density at radius 1 is 1.40 bits per heavy atom. The number of alkyl halides is 3. The van der Waals surface area contributed by atoms with Crippen LogP contribution in [-0.4, -0.2) is 13.0 Å². The summed E-state index contributed by atoms with van der Waals surface area (Å²) in [7, 11) is 0. The molecule has 15 heavy (non-hydrogen) atoms. The van der Waals surface area contributed by atoms with Crippen LogP contribution in [0.15, 0.2) is 16.6 Å². The molecule has 0 radical (unpaired) electrons. The van der Waals surface area contributed by atoms with Gasteiger partial charge in [-0.2, -0.15) is 0 Å². The monoisotopic (exact) mass is 342 g/mol. The summed E-state index contributed by atoms with van der Waals surface area (Å²) in [4.78, 5) is 0. The van der Waals surface area contributed by atoms with Crippen LogP contribution in [0.4, 0.5) is 8.78 Å². The molecule has 0 aliphatic carbocycles. The van der Waals surface area contributed by atoms with Crippen LogP contribution in [0.1, 0.15) is 11.1 Å². The van der Waals surface area contributed by atoms with Crippen molar-refractivity contribution in [1.82, 2.24) is 0 Å². The topological polar surface area (TPSA) is 9.23 Å². The number of hydrogen-bond donors (Lipinski definition) is 0. The summed E-state index contributed by atoms with van der Waals surface area (Å²) in [6.07, 6.45) is -2.45. The lowest BCUT2D eigenvalue weighted by Gasteiger charge is -2.13. The largest absolute Gasteiger partial charge is 0.487 e. The van der Waals surface area contributed by atoms with Crippen molar-refractivity contribution in [3.05, 3.63) is 27.7 Å². The maximum atomic E-state index is 12.0. The highest BCUT2D eigenvalue weighted by atomic mass is 79.9. The molecule has 0 heterocycles. The molecule has 0 saturated carbocycles. The molecule has 1 aromatic rings. The quantitative estimate of drug-likeness (QED) is 0.741. The second-order valence-corrected chi connectivity index (χ2v) is 4.52. The Hall–Kier alpha value is -0.160. The normalized spacial score (nSPS) is 10.8. The minimum Gasteiger partial charge on any atom is -0.487 e. The minimum absolute atomic E-state index is 0.537. The highest BCUT2D eigenvalue weighted by Crippen LogP contribution is 2.29. The zero-order valence-corrected chi connectivity index (χ0v) is 11.2. The fraction of sp³-hybridized carbons (Fsp3) is 0.400. The Kier molecular flexibility index (Phi) is 4.99. The van der Waals surface area contributed by atoms with Crippen molar-refractivity contribution in [3.63, 3.8) is 0 Å². The smallest absolute Gasteiger partial charge is 0.272 e. The van der Waals surface area contributed by atoms with Crippen molar-refractivity contribution in [1.29, 1.82) is 0 Å². The fourth-order valence-corrected chi connectivity index (χ4v) is 2.29. The van der Waals surface area contributed by atoms with Crippen molar-refractivity contribution in [2.24, 2.45) is 0 Å². The molecule has 1 aromatic carbocycles. The van der Waals surface area contributed by atoms with Crippen LogP contribution in [0.5, 0.6) is 5.75 Å². The van der Waals surface area contributed by atoms with Gasteiger partial charge in [-0.25, -0.2) is 8.78 Å². The lowest BCUT2D eigenvalue weighted by molar-refractivity contribution is 0.0812. The van der Waals surface area contributed by atoms with Crippen LogP contribution < -0.4 is 4.74 Å². The molecule has 0 N–H and O–H groups in total. The van der Waals surface area contributed by atoms with Gasteiger partial charge in [0.15, 0.2) is 0 Å². The van der Waals surface area contributed by atoms with E-state index in [1.807, 2.05) is 19.1 Å². The number of benzene rings is 1. The van der Waals surface area contributed by atoms with E-state index < -0.39 is 13.0 Å². The van der Waals surface area contributed by atoms with E-state index >= 15 is 0 Å². The number of aryl methyl sites for hydroxylation is 1. The summed E-state index contributed by atoms with van der Waals surface area (Å²) in [6, 6.07) is 3.69. The molecule has 0 spiro atoms. The molecule has 0 fully saturated rings. The Morgan fingerprint density at radius 2 is 2.07 bits per heavy atom. The maximum absolute atomic E-state index is 12.0. The van der Waals surface area contributed by atoms with E-state index in [-0.39, 0.29) is 0 Å². The van der Waals surface area contributed by atoms with E-state index in [9.17, 15) is 8.78 Å². The number of ether oxygens (including phenoxy) is 1. The average molecular weight is 344 g/mol. The van der Waals surface area contributed by atoms with E-state index in [2.05, 4.69) is 31.9 Å². The van der Waals surface area contributed by atoms with Gasteiger partial charge in [-0.1, -0.05) is 31.9 Å². The van der Waals surface area contributed by atoms with Crippen LogP contribution >= 0.6 is 31.9 Å². The minimum atomic E-state index is -2.45. The van der Waals surface area contributed by atoms with Gasteiger partial charge >= 0.3 is 0 Å². The molecule has 0 amide bonds. The molecule has 0 aromatic heterocycles. The van der Waals surface area contributed by atoms with E-state index in [0.29, 0.717) is 11.1 Å².